The van der Waals surface area contributed by atoms with E-state index in [0.29, 0.717) is 0 Å². The van der Waals surface area contributed by atoms with Crippen LogP contribution in [-0.4, -0.2) is 25.6 Å². The Kier molecular flexibility index (Phi) is 4.95. The topological polar surface area (TPSA) is 28.2 Å². The van der Waals surface area contributed by atoms with E-state index in [0.717, 1.165) is 18.8 Å². The lowest BCUT2D eigenvalue weighted by atomic mass is 9.95. The highest BCUT2D eigenvalue weighted by Crippen LogP contribution is 2.48. The van der Waals surface area contributed by atoms with Gasteiger partial charge in [0.05, 0.1) is 5.69 Å². The van der Waals surface area contributed by atoms with Gasteiger partial charge in [-0.2, -0.15) is 0 Å². The number of nitrogens with zero attached hydrogens (tertiary/aromatic N) is 2. The molecule has 2 aromatic carbocycles. The Morgan fingerprint density at radius 1 is 0.963 bits per heavy atom. The standard InChI is InChI=1S/C24H27N3/c1-27(2)22-10-6-9-20(15-22)23-16-21(11-14-26-23)24(12-13-24)18-25-17-19-7-4-3-5-8-19/h3-11,14-16,25H,12-13,17-18H2,1-2H3. The Bertz CT molecular complexity index is 898. The molecule has 4 rings (SSSR count). The SMILES string of the molecule is CN(C)c1cccc(-c2cc(C3(CNCc4ccccc4)CC3)ccn2)c1. The second-order valence-electron chi connectivity index (χ2n) is 7.74. The molecule has 1 saturated carbocycles. The van der Waals surface area contributed by atoms with Crippen LogP contribution < -0.4 is 10.2 Å². The van der Waals surface area contributed by atoms with Crippen molar-refractivity contribution in [3.63, 3.8) is 0 Å². The highest BCUT2D eigenvalue weighted by atomic mass is 15.1. The Hall–Kier alpha value is -2.65. The maximum atomic E-state index is 4.64. The first kappa shape index (κ1) is 17.7. The molecular formula is C24H27N3. The van der Waals surface area contributed by atoms with Crippen molar-refractivity contribution in [3.8, 4) is 11.3 Å². The first-order valence-electron chi connectivity index (χ1n) is 9.65. The van der Waals surface area contributed by atoms with Gasteiger partial charge >= 0.3 is 0 Å². The van der Waals surface area contributed by atoms with E-state index in [9.17, 15) is 0 Å². The van der Waals surface area contributed by atoms with E-state index in [-0.39, 0.29) is 5.41 Å². The zero-order valence-electron chi connectivity index (χ0n) is 16.2. The van der Waals surface area contributed by atoms with Crippen LogP contribution in [0.5, 0.6) is 0 Å². The third-order valence-electron chi connectivity index (χ3n) is 5.52. The molecule has 0 bridgehead atoms. The molecule has 0 atom stereocenters. The second-order valence-corrected chi connectivity index (χ2v) is 7.74. The predicted octanol–water partition coefficient (Wildman–Crippen LogP) is 4.64. The summed E-state index contributed by atoms with van der Waals surface area (Å²) < 4.78 is 0. The molecule has 0 saturated heterocycles. The average Bonchev–Trinajstić information content (AvgIpc) is 3.50. The molecule has 1 N–H and O–H groups in total. The van der Waals surface area contributed by atoms with Crippen molar-refractivity contribution >= 4 is 5.69 Å². The zero-order chi connectivity index (χ0) is 18.7. The lowest BCUT2D eigenvalue weighted by Gasteiger charge is -2.18. The van der Waals surface area contributed by atoms with E-state index in [1.165, 1.54) is 35.2 Å². The molecule has 3 nitrogen and oxygen atoms in total. The predicted molar refractivity (Wildman–Crippen MR) is 113 cm³/mol. The van der Waals surface area contributed by atoms with Crippen molar-refractivity contribution in [3.05, 3.63) is 84.1 Å². The van der Waals surface area contributed by atoms with Gasteiger partial charge in [-0.05, 0) is 48.2 Å². The molecule has 1 fully saturated rings. The average molecular weight is 358 g/mol. The number of pyridine rings is 1. The fourth-order valence-electron chi connectivity index (χ4n) is 3.62. The maximum Gasteiger partial charge on any atom is 0.0705 e. The van der Waals surface area contributed by atoms with Crippen LogP contribution in [0.4, 0.5) is 5.69 Å². The molecule has 0 aliphatic heterocycles. The van der Waals surface area contributed by atoms with Gasteiger partial charge in [0.2, 0.25) is 0 Å². The van der Waals surface area contributed by atoms with E-state index < -0.39 is 0 Å². The van der Waals surface area contributed by atoms with Crippen molar-refractivity contribution < 1.29 is 0 Å². The monoisotopic (exact) mass is 357 g/mol. The summed E-state index contributed by atoms with van der Waals surface area (Å²) in [4.78, 5) is 6.77. The smallest absolute Gasteiger partial charge is 0.0705 e. The summed E-state index contributed by atoms with van der Waals surface area (Å²) >= 11 is 0. The van der Waals surface area contributed by atoms with Gasteiger partial charge < -0.3 is 10.2 Å². The minimum atomic E-state index is 0.269. The van der Waals surface area contributed by atoms with Gasteiger partial charge in [0.15, 0.2) is 0 Å². The molecule has 27 heavy (non-hydrogen) atoms. The van der Waals surface area contributed by atoms with Crippen LogP contribution in [0.2, 0.25) is 0 Å². The minimum absolute atomic E-state index is 0.269. The van der Waals surface area contributed by atoms with Crippen LogP contribution in [0, 0.1) is 0 Å². The van der Waals surface area contributed by atoms with E-state index >= 15 is 0 Å². The molecule has 1 heterocycles. The van der Waals surface area contributed by atoms with Crippen molar-refractivity contribution in [2.45, 2.75) is 24.8 Å². The lowest BCUT2D eigenvalue weighted by Crippen LogP contribution is -2.26. The number of aromatic nitrogens is 1. The van der Waals surface area contributed by atoms with Gasteiger partial charge in [0, 0.05) is 50.0 Å². The van der Waals surface area contributed by atoms with Crippen molar-refractivity contribution in [1.29, 1.82) is 0 Å². The Labute approximate surface area is 162 Å². The van der Waals surface area contributed by atoms with Gasteiger partial charge in [-0.25, -0.2) is 0 Å². The fraction of sp³-hybridized carbons (Fsp3) is 0.292. The van der Waals surface area contributed by atoms with Crippen LogP contribution in [0.1, 0.15) is 24.0 Å². The molecule has 138 valence electrons. The van der Waals surface area contributed by atoms with Crippen LogP contribution in [0.25, 0.3) is 11.3 Å². The van der Waals surface area contributed by atoms with E-state index in [2.05, 4.69) is 96.0 Å². The number of benzene rings is 2. The van der Waals surface area contributed by atoms with Crippen molar-refractivity contribution in [2.75, 3.05) is 25.5 Å². The van der Waals surface area contributed by atoms with Crippen LogP contribution in [-0.2, 0) is 12.0 Å². The summed E-state index contributed by atoms with van der Waals surface area (Å²) in [7, 11) is 4.14. The summed E-state index contributed by atoms with van der Waals surface area (Å²) in [6.45, 7) is 1.94. The lowest BCUT2D eigenvalue weighted by molar-refractivity contribution is 0.574. The first-order chi connectivity index (χ1) is 13.2. The zero-order valence-corrected chi connectivity index (χ0v) is 16.2. The third-order valence-corrected chi connectivity index (χ3v) is 5.52. The van der Waals surface area contributed by atoms with Crippen molar-refractivity contribution in [2.24, 2.45) is 0 Å². The van der Waals surface area contributed by atoms with E-state index in [1.54, 1.807) is 0 Å². The molecule has 0 radical (unpaired) electrons. The van der Waals surface area contributed by atoms with Crippen LogP contribution in [0.3, 0.4) is 0 Å². The molecule has 1 aliphatic carbocycles. The second kappa shape index (κ2) is 7.53. The van der Waals surface area contributed by atoms with E-state index in [1.807, 2.05) is 6.20 Å². The minimum Gasteiger partial charge on any atom is -0.378 e. The highest BCUT2D eigenvalue weighted by Gasteiger charge is 2.43. The van der Waals surface area contributed by atoms with Gasteiger partial charge in [-0.15, -0.1) is 0 Å². The third kappa shape index (κ3) is 4.04. The molecule has 0 unspecified atom stereocenters. The molecular weight excluding hydrogens is 330 g/mol. The summed E-state index contributed by atoms with van der Waals surface area (Å²) in [5.41, 5.74) is 6.45. The largest absolute Gasteiger partial charge is 0.378 e. The van der Waals surface area contributed by atoms with Gasteiger partial charge in [0.1, 0.15) is 0 Å². The number of hydrogen-bond acceptors (Lipinski definition) is 3. The molecule has 1 aromatic heterocycles. The summed E-state index contributed by atoms with van der Waals surface area (Å²) in [6.07, 6.45) is 4.45. The van der Waals surface area contributed by atoms with Gasteiger partial charge in [-0.1, -0.05) is 42.5 Å². The van der Waals surface area contributed by atoms with Crippen LogP contribution >= 0.6 is 0 Å². The number of anilines is 1. The summed E-state index contributed by atoms with van der Waals surface area (Å²) in [5, 5.41) is 3.66. The molecule has 3 aromatic rings. The first-order valence-corrected chi connectivity index (χ1v) is 9.65. The maximum absolute atomic E-state index is 4.64. The molecule has 3 heteroatoms. The fourth-order valence-corrected chi connectivity index (χ4v) is 3.62. The Balaban J connectivity index is 1.49. The quantitative estimate of drug-likeness (QED) is 0.668. The number of nitrogens with one attached hydrogen (secondary N) is 1. The number of rotatable bonds is 7. The molecule has 0 spiro atoms. The normalized spacial score (nSPS) is 14.7. The van der Waals surface area contributed by atoms with Gasteiger partial charge in [-0.3, -0.25) is 4.98 Å². The Morgan fingerprint density at radius 3 is 2.52 bits per heavy atom. The molecule has 0 amide bonds. The summed E-state index contributed by atoms with van der Waals surface area (Å²) in [6, 6.07) is 23.7. The summed E-state index contributed by atoms with van der Waals surface area (Å²) in [5.74, 6) is 0. The van der Waals surface area contributed by atoms with Gasteiger partial charge in [0.25, 0.3) is 0 Å². The Morgan fingerprint density at radius 2 is 1.78 bits per heavy atom. The number of hydrogen-bond donors (Lipinski definition) is 1. The highest BCUT2D eigenvalue weighted by molar-refractivity contribution is 5.66. The molecule has 1 aliphatic rings. The van der Waals surface area contributed by atoms with E-state index in [4.69, 9.17) is 0 Å². The van der Waals surface area contributed by atoms with Crippen LogP contribution in [0.15, 0.2) is 72.9 Å². The van der Waals surface area contributed by atoms with Crippen molar-refractivity contribution in [1.82, 2.24) is 10.3 Å².